The number of aromatic amines is 1. The summed E-state index contributed by atoms with van der Waals surface area (Å²) in [6.45, 7) is 1.82. The minimum Gasteiger partial charge on any atom is -0.495 e. The Labute approximate surface area is 97.4 Å². The fraction of sp³-hybridized carbons (Fsp3) is 0.182. The van der Waals surface area contributed by atoms with Crippen molar-refractivity contribution in [3.8, 4) is 11.4 Å². The third-order valence-electron chi connectivity index (χ3n) is 2.26. The van der Waals surface area contributed by atoms with Crippen molar-refractivity contribution in [2.75, 3.05) is 7.11 Å². The van der Waals surface area contributed by atoms with Gasteiger partial charge in [0.05, 0.1) is 17.8 Å². The van der Waals surface area contributed by atoms with Gasteiger partial charge >= 0.3 is 5.69 Å². The molecule has 1 N–H and O–H groups in total. The van der Waals surface area contributed by atoms with Gasteiger partial charge < -0.3 is 9.72 Å². The first-order chi connectivity index (χ1) is 7.61. The van der Waals surface area contributed by atoms with Gasteiger partial charge in [0.25, 0.3) is 0 Å². The summed E-state index contributed by atoms with van der Waals surface area (Å²) in [5, 5.41) is 0.520. The number of nitrogens with zero attached hydrogens (tertiary/aromatic N) is 1. The molecule has 0 aliphatic carbocycles. The molecule has 2 aromatic rings. The number of hydrogen-bond acceptors (Lipinski definition) is 2. The highest BCUT2D eigenvalue weighted by molar-refractivity contribution is 6.32. The topological polar surface area (TPSA) is 47.0 Å². The van der Waals surface area contributed by atoms with Crippen molar-refractivity contribution >= 4 is 11.6 Å². The molecule has 1 aromatic heterocycles. The predicted molar refractivity (Wildman–Crippen MR) is 62.7 cm³/mol. The van der Waals surface area contributed by atoms with Gasteiger partial charge in [0.2, 0.25) is 0 Å². The van der Waals surface area contributed by atoms with Crippen LogP contribution >= 0.6 is 11.6 Å². The summed E-state index contributed by atoms with van der Waals surface area (Å²) in [6.07, 6.45) is 1.73. The van der Waals surface area contributed by atoms with Crippen LogP contribution in [0.2, 0.25) is 5.02 Å². The molecule has 0 amide bonds. The van der Waals surface area contributed by atoms with E-state index in [-0.39, 0.29) is 5.69 Å². The largest absolute Gasteiger partial charge is 0.495 e. The molecule has 0 saturated carbocycles. The third-order valence-corrected chi connectivity index (χ3v) is 2.57. The number of methoxy groups -OCH3 is 1. The van der Waals surface area contributed by atoms with E-state index in [1.165, 1.54) is 11.7 Å². The van der Waals surface area contributed by atoms with Crippen LogP contribution in [0.5, 0.6) is 5.75 Å². The average Bonchev–Trinajstić information content (AvgIpc) is 2.59. The van der Waals surface area contributed by atoms with Crippen molar-refractivity contribution in [2.45, 2.75) is 6.92 Å². The number of halogens is 1. The maximum absolute atomic E-state index is 11.6. The molecule has 0 radical (unpaired) electrons. The zero-order valence-electron chi connectivity index (χ0n) is 8.95. The second-order valence-corrected chi connectivity index (χ2v) is 3.84. The van der Waals surface area contributed by atoms with Crippen LogP contribution in [-0.2, 0) is 0 Å². The second-order valence-electron chi connectivity index (χ2n) is 3.43. The number of aryl methyl sites for hydroxylation is 1. The molecule has 16 heavy (non-hydrogen) atoms. The highest BCUT2D eigenvalue weighted by Crippen LogP contribution is 2.26. The first-order valence-corrected chi connectivity index (χ1v) is 5.12. The quantitative estimate of drug-likeness (QED) is 0.871. The van der Waals surface area contributed by atoms with Gasteiger partial charge in [-0.25, -0.2) is 4.79 Å². The van der Waals surface area contributed by atoms with Gasteiger partial charge in [0.15, 0.2) is 0 Å². The number of benzene rings is 1. The van der Waals surface area contributed by atoms with Crippen LogP contribution in [0.3, 0.4) is 0 Å². The Hall–Kier alpha value is -1.68. The normalized spacial score (nSPS) is 10.4. The minimum absolute atomic E-state index is 0.179. The third kappa shape index (κ3) is 1.84. The van der Waals surface area contributed by atoms with Crippen LogP contribution in [0.25, 0.3) is 5.69 Å². The fourth-order valence-electron chi connectivity index (χ4n) is 1.50. The standard InChI is InChI=1S/C11H11ClN2O2/c1-7-6-14(11(15)13-7)8-3-4-9(12)10(5-8)16-2/h3-6H,1-2H3,(H,13,15). The van der Waals surface area contributed by atoms with Gasteiger partial charge in [-0.1, -0.05) is 11.6 Å². The first-order valence-electron chi connectivity index (χ1n) is 4.74. The summed E-state index contributed by atoms with van der Waals surface area (Å²) in [6, 6.07) is 5.18. The number of ether oxygens (including phenoxy) is 1. The SMILES string of the molecule is COc1cc(-n2cc(C)[nH]c2=O)ccc1Cl. The lowest BCUT2D eigenvalue weighted by atomic mass is 10.3. The molecule has 0 saturated heterocycles. The highest BCUT2D eigenvalue weighted by Gasteiger charge is 2.06. The van der Waals surface area contributed by atoms with E-state index >= 15 is 0 Å². The molecule has 0 unspecified atom stereocenters. The van der Waals surface area contributed by atoms with Crippen LogP contribution in [0.15, 0.2) is 29.2 Å². The van der Waals surface area contributed by atoms with E-state index in [0.717, 1.165) is 11.4 Å². The lowest BCUT2D eigenvalue weighted by Gasteiger charge is -2.06. The Balaban J connectivity index is 2.56. The molecule has 0 atom stereocenters. The molecule has 0 fully saturated rings. The lowest BCUT2D eigenvalue weighted by molar-refractivity contribution is 0.415. The maximum atomic E-state index is 11.6. The Morgan fingerprint density at radius 2 is 2.19 bits per heavy atom. The lowest BCUT2D eigenvalue weighted by Crippen LogP contribution is -2.13. The minimum atomic E-state index is -0.179. The zero-order chi connectivity index (χ0) is 11.7. The van der Waals surface area contributed by atoms with Crippen LogP contribution < -0.4 is 10.4 Å². The van der Waals surface area contributed by atoms with Crippen molar-refractivity contribution in [3.05, 3.63) is 45.6 Å². The van der Waals surface area contributed by atoms with Gasteiger partial charge in [-0.15, -0.1) is 0 Å². The Kier molecular flexibility index (Phi) is 2.75. The second kappa shape index (κ2) is 4.06. The van der Waals surface area contributed by atoms with Gasteiger partial charge in [0.1, 0.15) is 5.75 Å². The summed E-state index contributed by atoms with van der Waals surface area (Å²) in [5.74, 6) is 0.546. The molecule has 0 spiro atoms. The van der Waals surface area contributed by atoms with E-state index < -0.39 is 0 Å². The van der Waals surface area contributed by atoms with Crippen LogP contribution in [0.1, 0.15) is 5.69 Å². The number of nitrogens with one attached hydrogen (secondary N) is 1. The summed E-state index contributed by atoms with van der Waals surface area (Å²) >= 11 is 5.91. The van der Waals surface area contributed by atoms with Crippen molar-refractivity contribution in [3.63, 3.8) is 0 Å². The van der Waals surface area contributed by atoms with Gasteiger partial charge in [-0.3, -0.25) is 4.57 Å². The molecule has 84 valence electrons. The van der Waals surface area contributed by atoms with Crippen LogP contribution in [-0.4, -0.2) is 16.7 Å². The van der Waals surface area contributed by atoms with E-state index in [2.05, 4.69) is 4.98 Å². The number of aromatic nitrogens is 2. The van der Waals surface area contributed by atoms with Crippen molar-refractivity contribution in [1.82, 2.24) is 9.55 Å². The molecule has 0 bridgehead atoms. The van der Waals surface area contributed by atoms with E-state index in [1.54, 1.807) is 24.4 Å². The van der Waals surface area contributed by atoms with Gasteiger partial charge in [-0.05, 0) is 19.1 Å². The van der Waals surface area contributed by atoms with Gasteiger partial charge in [-0.2, -0.15) is 0 Å². The maximum Gasteiger partial charge on any atom is 0.330 e. The summed E-state index contributed by atoms with van der Waals surface area (Å²) in [7, 11) is 1.54. The predicted octanol–water partition coefficient (Wildman–Crippen LogP) is 2.14. The number of hydrogen-bond donors (Lipinski definition) is 1. The molecule has 0 aliphatic rings. The van der Waals surface area contributed by atoms with Crippen LogP contribution in [0.4, 0.5) is 0 Å². The Bertz CT molecular complexity index is 572. The summed E-state index contributed by atoms with van der Waals surface area (Å²) in [5.41, 5.74) is 1.34. The Morgan fingerprint density at radius 3 is 2.75 bits per heavy atom. The molecule has 5 heteroatoms. The highest BCUT2D eigenvalue weighted by atomic mass is 35.5. The van der Waals surface area contributed by atoms with E-state index in [1.807, 2.05) is 6.92 Å². The van der Waals surface area contributed by atoms with E-state index in [0.29, 0.717) is 10.8 Å². The molecule has 1 aromatic carbocycles. The molecule has 0 aliphatic heterocycles. The molecule has 1 heterocycles. The van der Waals surface area contributed by atoms with E-state index in [9.17, 15) is 4.79 Å². The summed E-state index contributed by atoms with van der Waals surface area (Å²) < 4.78 is 6.60. The van der Waals surface area contributed by atoms with Crippen LogP contribution in [0, 0.1) is 6.92 Å². The molecule has 4 nitrogen and oxygen atoms in total. The number of H-pyrrole nitrogens is 1. The van der Waals surface area contributed by atoms with Crippen molar-refractivity contribution < 1.29 is 4.74 Å². The summed E-state index contributed by atoms with van der Waals surface area (Å²) in [4.78, 5) is 14.3. The van der Waals surface area contributed by atoms with E-state index in [4.69, 9.17) is 16.3 Å². The molecular weight excluding hydrogens is 228 g/mol. The van der Waals surface area contributed by atoms with Crippen molar-refractivity contribution in [2.24, 2.45) is 0 Å². The number of imidazole rings is 1. The monoisotopic (exact) mass is 238 g/mol. The molecular formula is C11H11ClN2O2. The van der Waals surface area contributed by atoms with Gasteiger partial charge in [0, 0.05) is 18.0 Å². The fourth-order valence-corrected chi connectivity index (χ4v) is 1.70. The van der Waals surface area contributed by atoms with Crippen molar-refractivity contribution in [1.29, 1.82) is 0 Å². The average molecular weight is 239 g/mol. The smallest absolute Gasteiger partial charge is 0.330 e. The first kappa shape index (κ1) is 10.8. The Morgan fingerprint density at radius 1 is 1.44 bits per heavy atom. The zero-order valence-corrected chi connectivity index (χ0v) is 9.71. The molecule has 2 rings (SSSR count). The number of rotatable bonds is 2.